The molecule has 1 aliphatic heterocycles. The molecule has 1 N–H and O–H groups in total. The molecule has 2 heterocycles. The zero-order valence-corrected chi connectivity index (χ0v) is 16.4. The van der Waals surface area contributed by atoms with Crippen LogP contribution in [0.25, 0.3) is 0 Å². The first kappa shape index (κ1) is 18.0. The Morgan fingerprint density at radius 3 is 2.35 bits per heavy atom. The quantitative estimate of drug-likeness (QED) is 0.817. The number of hydrogen-bond acceptors (Lipinski definition) is 4. The van der Waals surface area contributed by atoms with Gasteiger partial charge in [0.1, 0.15) is 5.75 Å². The van der Waals surface area contributed by atoms with Crippen molar-refractivity contribution in [2.75, 3.05) is 26.2 Å². The second-order valence-electron chi connectivity index (χ2n) is 7.86. The number of rotatable bonds is 5. The molecule has 0 unspecified atom stereocenters. The molecule has 0 bridgehead atoms. The molecule has 0 amide bonds. The van der Waals surface area contributed by atoms with Crippen molar-refractivity contribution >= 4 is 11.3 Å². The maximum absolute atomic E-state index is 9.62. The lowest BCUT2D eigenvalue weighted by Gasteiger charge is -2.34. The number of phenolic OH excluding ortho intramolecular Hbond substituents is 1. The van der Waals surface area contributed by atoms with E-state index >= 15 is 0 Å². The van der Waals surface area contributed by atoms with Crippen molar-refractivity contribution in [1.29, 1.82) is 0 Å². The summed E-state index contributed by atoms with van der Waals surface area (Å²) in [6, 6.07) is 12.4. The third kappa shape index (κ3) is 4.67. The van der Waals surface area contributed by atoms with Gasteiger partial charge in [0, 0.05) is 49.0 Å². The van der Waals surface area contributed by atoms with Crippen LogP contribution in [0, 0.1) is 0 Å². The van der Waals surface area contributed by atoms with Gasteiger partial charge in [0.05, 0.1) is 0 Å². The Hall–Kier alpha value is -1.36. The van der Waals surface area contributed by atoms with Crippen molar-refractivity contribution < 1.29 is 5.11 Å². The van der Waals surface area contributed by atoms with Gasteiger partial charge in [-0.05, 0) is 48.6 Å². The fourth-order valence-corrected chi connectivity index (χ4v) is 5.55. The molecular weight excluding hydrogens is 340 g/mol. The average molecular weight is 371 g/mol. The first-order valence-electron chi connectivity index (χ1n) is 10.1. The van der Waals surface area contributed by atoms with Crippen molar-refractivity contribution in [2.45, 2.75) is 51.1 Å². The van der Waals surface area contributed by atoms with Gasteiger partial charge in [0.25, 0.3) is 0 Å². The maximum atomic E-state index is 9.62. The van der Waals surface area contributed by atoms with E-state index in [-0.39, 0.29) is 0 Å². The first-order chi connectivity index (χ1) is 12.8. The zero-order valence-electron chi connectivity index (χ0n) is 15.6. The normalized spacial score (nSPS) is 20.5. The number of piperazine rings is 1. The smallest absolute Gasteiger partial charge is 0.115 e. The highest BCUT2D eigenvalue weighted by molar-refractivity contribution is 7.12. The molecule has 1 saturated heterocycles. The van der Waals surface area contributed by atoms with E-state index in [9.17, 15) is 5.11 Å². The molecule has 3 nitrogen and oxygen atoms in total. The molecule has 4 heteroatoms. The summed E-state index contributed by atoms with van der Waals surface area (Å²) in [6.45, 7) is 6.53. The molecule has 26 heavy (non-hydrogen) atoms. The predicted molar refractivity (Wildman–Crippen MR) is 109 cm³/mol. The number of hydrogen-bond donors (Lipinski definition) is 1. The fraction of sp³-hybridized carbons (Fsp3) is 0.545. The van der Waals surface area contributed by atoms with Crippen molar-refractivity contribution in [1.82, 2.24) is 9.80 Å². The summed E-state index contributed by atoms with van der Waals surface area (Å²) in [7, 11) is 0. The van der Waals surface area contributed by atoms with Crippen LogP contribution < -0.4 is 0 Å². The van der Waals surface area contributed by atoms with Gasteiger partial charge < -0.3 is 5.11 Å². The number of nitrogens with zero attached hydrogens (tertiary/aromatic N) is 2. The molecule has 0 atom stereocenters. The van der Waals surface area contributed by atoms with Crippen molar-refractivity contribution in [3.05, 3.63) is 51.7 Å². The summed E-state index contributed by atoms with van der Waals surface area (Å²) in [5.74, 6) is 1.20. The monoisotopic (exact) mass is 370 g/mol. The molecule has 1 aliphatic carbocycles. The Kier molecular flexibility index (Phi) is 5.93. The lowest BCUT2D eigenvalue weighted by molar-refractivity contribution is 0.123. The van der Waals surface area contributed by atoms with E-state index in [1.54, 1.807) is 10.9 Å². The van der Waals surface area contributed by atoms with Gasteiger partial charge in [0.2, 0.25) is 0 Å². The van der Waals surface area contributed by atoms with Crippen molar-refractivity contribution in [2.24, 2.45) is 0 Å². The largest absolute Gasteiger partial charge is 0.508 e. The zero-order chi connectivity index (χ0) is 17.8. The van der Waals surface area contributed by atoms with E-state index in [1.807, 2.05) is 12.1 Å². The second kappa shape index (κ2) is 8.55. The van der Waals surface area contributed by atoms with E-state index in [0.29, 0.717) is 5.75 Å². The Balaban J connectivity index is 1.25. The summed E-state index contributed by atoms with van der Waals surface area (Å²) >= 11 is 2.06. The number of phenols is 1. The molecule has 2 aromatic rings. The molecule has 0 radical (unpaired) electrons. The standard InChI is InChI=1S/C22H30N2OS/c25-20-8-4-5-18(15-20)16-23-11-13-24(14-12-23)17-21-9-10-22(26-21)19-6-2-1-3-7-19/h4-5,8-10,15,19,25H,1-3,6-7,11-14,16-17H2. The second-order valence-corrected chi connectivity index (χ2v) is 9.06. The SMILES string of the molecule is Oc1cccc(CN2CCN(Cc3ccc(C4CCCCC4)s3)CC2)c1. The van der Waals surface area contributed by atoms with Crippen LogP contribution in [0.2, 0.25) is 0 Å². The van der Waals surface area contributed by atoms with Crippen LogP contribution in [0.1, 0.15) is 53.3 Å². The summed E-state index contributed by atoms with van der Waals surface area (Å²) in [5, 5.41) is 9.62. The Morgan fingerprint density at radius 2 is 1.62 bits per heavy atom. The Labute approximate surface area is 161 Å². The van der Waals surface area contributed by atoms with Gasteiger partial charge >= 0.3 is 0 Å². The highest BCUT2D eigenvalue weighted by Crippen LogP contribution is 2.36. The molecule has 4 rings (SSSR count). The highest BCUT2D eigenvalue weighted by atomic mass is 32.1. The van der Waals surface area contributed by atoms with Crippen LogP contribution in [0.5, 0.6) is 5.75 Å². The van der Waals surface area contributed by atoms with Crippen LogP contribution in [-0.4, -0.2) is 41.1 Å². The molecule has 1 saturated carbocycles. The van der Waals surface area contributed by atoms with Gasteiger partial charge in [0.15, 0.2) is 0 Å². The van der Waals surface area contributed by atoms with Crippen LogP contribution in [0.4, 0.5) is 0 Å². The lowest BCUT2D eigenvalue weighted by atomic mass is 9.88. The van der Waals surface area contributed by atoms with Crippen LogP contribution in [0.3, 0.4) is 0 Å². The molecule has 0 spiro atoms. The molecule has 1 aromatic carbocycles. The minimum Gasteiger partial charge on any atom is -0.508 e. The third-order valence-corrected chi connectivity index (χ3v) is 7.08. The van der Waals surface area contributed by atoms with Gasteiger partial charge in [-0.2, -0.15) is 0 Å². The highest BCUT2D eigenvalue weighted by Gasteiger charge is 2.20. The molecular formula is C22H30N2OS. The van der Waals surface area contributed by atoms with Crippen molar-refractivity contribution in [3.8, 4) is 5.75 Å². The average Bonchev–Trinajstić information content (AvgIpc) is 3.13. The Bertz CT molecular complexity index is 700. The van der Waals surface area contributed by atoms with Gasteiger partial charge in [-0.1, -0.05) is 31.4 Å². The topological polar surface area (TPSA) is 26.7 Å². The fourth-order valence-electron chi connectivity index (χ4n) is 4.32. The van der Waals surface area contributed by atoms with Crippen LogP contribution in [0.15, 0.2) is 36.4 Å². The van der Waals surface area contributed by atoms with E-state index in [2.05, 4.69) is 39.3 Å². The van der Waals surface area contributed by atoms with E-state index < -0.39 is 0 Å². The summed E-state index contributed by atoms with van der Waals surface area (Å²) in [4.78, 5) is 8.25. The lowest BCUT2D eigenvalue weighted by Crippen LogP contribution is -2.45. The van der Waals surface area contributed by atoms with E-state index in [0.717, 1.165) is 45.2 Å². The number of aromatic hydroxyl groups is 1. The first-order valence-corrected chi connectivity index (χ1v) is 10.9. The molecule has 140 valence electrons. The molecule has 1 aromatic heterocycles. The number of benzene rings is 1. The summed E-state index contributed by atoms with van der Waals surface area (Å²) in [6.07, 6.45) is 7.06. The summed E-state index contributed by atoms with van der Waals surface area (Å²) < 4.78 is 0. The maximum Gasteiger partial charge on any atom is 0.115 e. The van der Waals surface area contributed by atoms with E-state index in [4.69, 9.17) is 0 Å². The minimum absolute atomic E-state index is 0.368. The number of thiophene rings is 1. The van der Waals surface area contributed by atoms with Gasteiger partial charge in [-0.25, -0.2) is 0 Å². The van der Waals surface area contributed by atoms with Crippen LogP contribution in [-0.2, 0) is 13.1 Å². The van der Waals surface area contributed by atoms with E-state index in [1.165, 1.54) is 42.5 Å². The molecule has 2 fully saturated rings. The van der Waals surface area contributed by atoms with Crippen LogP contribution >= 0.6 is 11.3 Å². The summed E-state index contributed by atoms with van der Waals surface area (Å²) in [5.41, 5.74) is 1.20. The predicted octanol–water partition coefficient (Wildman–Crippen LogP) is 4.82. The van der Waals surface area contributed by atoms with Crippen molar-refractivity contribution in [3.63, 3.8) is 0 Å². The molecule has 2 aliphatic rings. The van der Waals surface area contributed by atoms with Gasteiger partial charge in [-0.3, -0.25) is 9.80 Å². The Morgan fingerprint density at radius 1 is 0.885 bits per heavy atom. The van der Waals surface area contributed by atoms with Gasteiger partial charge in [-0.15, -0.1) is 11.3 Å². The minimum atomic E-state index is 0.368. The third-order valence-electron chi connectivity index (χ3n) is 5.85.